The minimum absolute atomic E-state index is 0.205. The maximum absolute atomic E-state index is 11.2. The molecule has 0 saturated carbocycles. The summed E-state index contributed by atoms with van der Waals surface area (Å²) in [7, 11) is 1.64. The molecule has 8 heteroatoms. The van der Waals surface area contributed by atoms with E-state index >= 15 is 0 Å². The van der Waals surface area contributed by atoms with Crippen molar-refractivity contribution in [2.75, 3.05) is 33.4 Å². The van der Waals surface area contributed by atoms with Gasteiger partial charge in [0.25, 0.3) is 0 Å². The second-order valence-electron chi connectivity index (χ2n) is 8.86. The zero-order chi connectivity index (χ0) is 24.0. The number of likely N-dealkylation sites (tertiary alicyclic amines) is 1. The Bertz CT molecular complexity index is 1080. The molecule has 1 unspecified atom stereocenters. The van der Waals surface area contributed by atoms with Crippen LogP contribution >= 0.6 is 11.6 Å². The lowest BCUT2D eigenvalue weighted by Crippen LogP contribution is -2.51. The lowest BCUT2D eigenvalue weighted by Gasteiger charge is -2.39. The summed E-state index contributed by atoms with van der Waals surface area (Å²) in [5, 5.41) is 16.0. The molecule has 0 amide bonds. The highest BCUT2D eigenvalue weighted by Crippen LogP contribution is 2.31. The van der Waals surface area contributed by atoms with E-state index in [4.69, 9.17) is 25.8 Å². The number of piperidine rings is 1. The van der Waals surface area contributed by atoms with Gasteiger partial charge in [-0.2, -0.15) is 5.10 Å². The summed E-state index contributed by atoms with van der Waals surface area (Å²) in [4.78, 5) is 2.25. The van der Waals surface area contributed by atoms with Crippen LogP contribution < -0.4 is 14.2 Å². The molecule has 1 atom stereocenters. The van der Waals surface area contributed by atoms with Gasteiger partial charge in [-0.1, -0.05) is 23.7 Å². The van der Waals surface area contributed by atoms with Crippen molar-refractivity contribution in [2.45, 2.75) is 38.5 Å². The minimum atomic E-state index is -0.930. The lowest BCUT2D eigenvalue weighted by atomic mass is 9.93. The Balaban J connectivity index is 1.36. The summed E-state index contributed by atoms with van der Waals surface area (Å²) in [5.74, 6) is 2.01. The number of methoxy groups -OCH3 is 1. The Hall–Kier alpha value is -2.74. The van der Waals surface area contributed by atoms with Crippen LogP contribution in [0, 0.1) is 6.92 Å². The van der Waals surface area contributed by atoms with E-state index in [-0.39, 0.29) is 6.61 Å². The third-order valence-corrected chi connectivity index (χ3v) is 6.30. The Labute approximate surface area is 205 Å². The van der Waals surface area contributed by atoms with Crippen LogP contribution in [0.3, 0.4) is 0 Å². The van der Waals surface area contributed by atoms with E-state index < -0.39 is 5.60 Å². The van der Waals surface area contributed by atoms with Gasteiger partial charge >= 0.3 is 0 Å². The number of aliphatic hydroxyl groups is 1. The van der Waals surface area contributed by atoms with E-state index in [2.05, 4.69) is 10.00 Å². The molecular weight excluding hydrogens is 454 g/mol. The summed E-state index contributed by atoms with van der Waals surface area (Å²) in [6.07, 6.45) is 5.24. The number of nitrogens with zero attached hydrogens (tertiary/aromatic N) is 3. The maximum Gasteiger partial charge on any atom is 0.161 e. The van der Waals surface area contributed by atoms with Crippen molar-refractivity contribution in [1.82, 2.24) is 14.7 Å². The van der Waals surface area contributed by atoms with Crippen molar-refractivity contribution in [1.29, 1.82) is 0 Å². The third kappa shape index (κ3) is 6.44. The van der Waals surface area contributed by atoms with Gasteiger partial charge in [0.15, 0.2) is 11.5 Å². The monoisotopic (exact) mass is 485 g/mol. The molecule has 0 aliphatic carbocycles. The van der Waals surface area contributed by atoms with E-state index in [9.17, 15) is 5.11 Å². The second kappa shape index (κ2) is 11.1. The summed E-state index contributed by atoms with van der Waals surface area (Å²) < 4.78 is 19.2. The second-order valence-corrected chi connectivity index (χ2v) is 9.27. The van der Waals surface area contributed by atoms with Crippen molar-refractivity contribution < 1.29 is 19.3 Å². The van der Waals surface area contributed by atoms with Gasteiger partial charge in [0.1, 0.15) is 24.6 Å². The predicted molar refractivity (Wildman–Crippen MR) is 132 cm³/mol. The SMILES string of the molecule is COc1ccc(CN2CCCC(O)(COc3cc(C)ccc3Cl)C2)cc1OCCn1cccn1. The minimum Gasteiger partial charge on any atom is -0.493 e. The molecule has 1 aromatic heterocycles. The van der Waals surface area contributed by atoms with E-state index in [0.717, 1.165) is 24.1 Å². The zero-order valence-corrected chi connectivity index (χ0v) is 20.5. The molecule has 1 aliphatic heterocycles. The average molecular weight is 486 g/mol. The fourth-order valence-electron chi connectivity index (χ4n) is 4.26. The first kappa shape index (κ1) is 24.4. The quantitative estimate of drug-likeness (QED) is 0.460. The molecule has 34 heavy (non-hydrogen) atoms. The van der Waals surface area contributed by atoms with Crippen LogP contribution in [-0.4, -0.2) is 58.8 Å². The van der Waals surface area contributed by atoms with Crippen molar-refractivity contribution in [3.8, 4) is 17.2 Å². The van der Waals surface area contributed by atoms with Crippen molar-refractivity contribution in [2.24, 2.45) is 0 Å². The van der Waals surface area contributed by atoms with Gasteiger partial charge in [-0.15, -0.1) is 0 Å². The summed E-state index contributed by atoms with van der Waals surface area (Å²) in [6, 6.07) is 13.5. The Morgan fingerprint density at radius 1 is 1.12 bits per heavy atom. The van der Waals surface area contributed by atoms with E-state index in [0.29, 0.717) is 54.9 Å². The lowest BCUT2D eigenvalue weighted by molar-refractivity contribution is -0.0621. The summed E-state index contributed by atoms with van der Waals surface area (Å²) in [5.41, 5.74) is 1.24. The van der Waals surface area contributed by atoms with E-state index in [1.807, 2.05) is 60.3 Å². The Morgan fingerprint density at radius 2 is 2.00 bits per heavy atom. The number of β-amino-alcohol motifs (C(OH)–C–C–N with tert-alkyl or cyclic N) is 1. The van der Waals surface area contributed by atoms with Crippen LogP contribution in [0.4, 0.5) is 0 Å². The summed E-state index contributed by atoms with van der Waals surface area (Å²) >= 11 is 6.26. The number of benzene rings is 2. The first-order valence-corrected chi connectivity index (χ1v) is 11.9. The normalized spacial score (nSPS) is 18.6. The third-order valence-electron chi connectivity index (χ3n) is 5.99. The predicted octanol–water partition coefficient (Wildman–Crippen LogP) is 4.34. The molecule has 1 saturated heterocycles. The van der Waals surface area contributed by atoms with Crippen LogP contribution in [0.5, 0.6) is 17.2 Å². The van der Waals surface area contributed by atoms with Crippen molar-refractivity contribution >= 4 is 11.6 Å². The molecule has 4 rings (SSSR count). The Morgan fingerprint density at radius 3 is 2.79 bits per heavy atom. The smallest absolute Gasteiger partial charge is 0.161 e. The van der Waals surface area contributed by atoms with Gasteiger partial charge in [-0.3, -0.25) is 9.58 Å². The van der Waals surface area contributed by atoms with Crippen molar-refractivity contribution in [3.05, 3.63) is 71.0 Å². The molecule has 7 nitrogen and oxygen atoms in total. The van der Waals surface area contributed by atoms with E-state index in [1.165, 1.54) is 0 Å². The van der Waals surface area contributed by atoms with Crippen LogP contribution in [0.15, 0.2) is 54.9 Å². The van der Waals surface area contributed by atoms with Gasteiger partial charge in [-0.05, 0) is 67.8 Å². The first-order chi connectivity index (χ1) is 16.4. The molecule has 182 valence electrons. The van der Waals surface area contributed by atoms with Crippen molar-refractivity contribution in [3.63, 3.8) is 0 Å². The zero-order valence-electron chi connectivity index (χ0n) is 19.7. The number of aromatic nitrogens is 2. The van der Waals surface area contributed by atoms with E-state index in [1.54, 1.807) is 13.3 Å². The number of halogens is 1. The number of aryl methyl sites for hydroxylation is 1. The average Bonchev–Trinajstić information content (AvgIpc) is 3.34. The molecule has 2 heterocycles. The molecular formula is C26H32ClN3O4. The van der Waals surface area contributed by atoms with Crippen LogP contribution in [0.25, 0.3) is 0 Å². The molecule has 1 fully saturated rings. The number of rotatable bonds is 10. The standard InChI is InChI=1S/C26H32ClN3O4/c1-20-5-7-22(27)24(15-20)34-19-26(31)9-3-11-29(18-26)17-21-6-8-23(32-2)25(16-21)33-14-13-30-12-4-10-28-30/h4-8,10,12,15-16,31H,3,9,11,13-14,17-19H2,1-2H3. The highest BCUT2D eigenvalue weighted by Gasteiger charge is 2.34. The fourth-order valence-corrected chi connectivity index (χ4v) is 4.44. The van der Waals surface area contributed by atoms with Gasteiger partial charge < -0.3 is 19.3 Å². The molecule has 0 spiro atoms. The van der Waals surface area contributed by atoms with Gasteiger partial charge in [-0.25, -0.2) is 0 Å². The Kier molecular flexibility index (Phi) is 7.98. The molecule has 1 N–H and O–H groups in total. The van der Waals surface area contributed by atoms with Crippen LogP contribution in [0.2, 0.25) is 5.02 Å². The molecule has 2 aromatic carbocycles. The first-order valence-electron chi connectivity index (χ1n) is 11.5. The highest BCUT2D eigenvalue weighted by atomic mass is 35.5. The van der Waals surface area contributed by atoms with Crippen LogP contribution in [0.1, 0.15) is 24.0 Å². The molecule has 1 aliphatic rings. The topological polar surface area (TPSA) is 69.0 Å². The number of hydrogen-bond acceptors (Lipinski definition) is 6. The van der Waals surface area contributed by atoms with Gasteiger partial charge in [0.05, 0.1) is 18.7 Å². The maximum atomic E-state index is 11.2. The largest absolute Gasteiger partial charge is 0.493 e. The molecule has 0 radical (unpaired) electrons. The van der Waals surface area contributed by atoms with Gasteiger partial charge in [0.2, 0.25) is 0 Å². The molecule has 0 bridgehead atoms. The highest BCUT2D eigenvalue weighted by molar-refractivity contribution is 6.32. The van der Waals surface area contributed by atoms with Crippen LogP contribution in [-0.2, 0) is 13.1 Å². The number of hydrogen-bond donors (Lipinski definition) is 1. The molecule has 3 aromatic rings. The fraction of sp³-hybridized carbons (Fsp3) is 0.423. The number of ether oxygens (including phenoxy) is 3. The van der Waals surface area contributed by atoms with Gasteiger partial charge in [0, 0.05) is 25.5 Å². The summed E-state index contributed by atoms with van der Waals surface area (Å²) in [6.45, 7) is 5.48.